The minimum atomic E-state index is 0.455. The van der Waals surface area contributed by atoms with Crippen molar-refractivity contribution in [2.75, 3.05) is 17.3 Å². The highest BCUT2D eigenvalue weighted by molar-refractivity contribution is 6.30. The van der Waals surface area contributed by atoms with Gasteiger partial charge in [0.1, 0.15) is 6.33 Å². The van der Waals surface area contributed by atoms with E-state index in [0.29, 0.717) is 23.5 Å². The lowest BCUT2D eigenvalue weighted by molar-refractivity contribution is 0.650. The SMILES string of the molecule is CN(c1cccc(Cl)c1)c1ncnc(Nc2cccc(Cn3ccnn3)c2)n1. The molecule has 0 aliphatic rings. The number of nitrogens with one attached hydrogen (secondary N) is 1. The van der Waals surface area contributed by atoms with Gasteiger partial charge in [-0.1, -0.05) is 35.0 Å². The Balaban J connectivity index is 1.52. The lowest BCUT2D eigenvalue weighted by atomic mass is 10.2. The van der Waals surface area contributed by atoms with E-state index in [2.05, 4.69) is 30.6 Å². The fourth-order valence-corrected chi connectivity index (χ4v) is 2.87. The van der Waals surface area contributed by atoms with E-state index in [9.17, 15) is 0 Å². The van der Waals surface area contributed by atoms with Crippen LogP contribution in [0.15, 0.2) is 67.3 Å². The molecule has 0 radical (unpaired) electrons. The van der Waals surface area contributed by atoms with Crippen molar-refractivity contribution in [3.05, 3.63) is 77.8 Å². The Labute approximate surface area is 166 Å². The van der Waals surface area contributed by atoms with Crippen LogP contribution in [0.5, 0.6) is 0 Å². The number of hydrogen-bond donors (Lipinski definition) is 1. The summed E-state index contributed by atoms with van der Waals surface area (Å²) in [6, 6.07) is 15.5. The van der Waals surface area contributed by atoms with Crippen molar-refractivity contribution < 1.29 is 0 Å². The van der Waals surface area contributed by atoms with E-state index >= 15 is 0 Å². The highest BCUT2D eigenvalue weighted by Crippen LogP contribution is 2.24. The number of rotatable bonds is 6. The third-order valence-electron chi connectivity index (χ3n) is 4.05. The Hall–Kier alpha value is -3.52. The molecule has 4 rings (SSSR count). The maximum atomic E-state index is 6.08. The molecular formula is C19H17ClN8. The summed E-state index contributed by atoms with van der Waals surface area (Å²) < 4.78 is 1.76. The number of benzene rings is 2. The highest BCUT2D eigenvalue weighted by atomic mass is 35.5. The Kier molecular flexibility index (Phi) is 5.11. The van der Waals surface area contributed by atoms with Crippen molar-refractivity contribution >= 4 is 34.9 Å². The molecule has 2 aromatic heterocycles. The van der Waals surface area contributed by atoms with Crippen molar-refractivity contribution in [3.8, 4) is 0 Å². The third-order valence-corrected chi connectivity index (χ3v) is 4.29. The quantitative estimate of drug-likeness (QED) is 0.535. The lowest BCUT2D eigenvalue weighted by Gasteiger charge is -2.17. The molecule has 0 bridgehead atoms. The molecule has 0 atom stereocenters. The van der Waals surface area contributed by atoms with Gasteiger partial charge in [-0.25, -0.2) is 14.6 Å². The molecule has 0 saturated heterocycles. The average molecular weight is 393 g/mol. The molecule has 0 spiro atoms. The first-order chi connectivity index (χ1) is 13.7. The fourth-order valence-electron chi connectivity index (χ4n) is 2.69. The molecule has 2 heterocycles. The zero-order valence-electron chi connectivity index (χ0n) is 15.1. The first-order valence-electron chi connectivity index (χ1n) is 8.56. The molecule has 8 nitrogen and oxygen atoms in total. The predicted octanol–water partition coefficient (Wildman–Crippen LogP) is 3.68. The van der Waals surface area contributed by atoms with Gasteiger partial charge in [0.15, 0.2) is 0 Å². The summed E-state index contributed by atoms with van der Waals surface area (Å²) >= 11 is 6.08. The largest absolute Gasteiger partial charge is 0.324 e. The molecule has 1 N–H and O–H groups in total. The number of aromatic nitrogens is 6. The van der Waals surface area contributed by atoms with Crippen LogP contribution in [0, 0.1) is 0 Å². The molecule has 0 aliphatic heterocycles. The maximum Gasteiger partial charge on any atom is 0.234 e. The van der Waals surface area contributed by atoms with Gasteiger partial charge in [-0.3, -0.25) is 0 Å². The summed E-state index contributed by atoms with van der Waals surface area (Å²) in [7, 11) is 1.88. The zero-order valence-corrected chi connectivity index (χ0v) is 15.8. The summed E-state index contributed by atoms with van der Waals surface area (Å²) in [6.45, 7) is 0.634. The molecular weight excluding hydrogens is 376 g/mol. The molecule has 2 aromatic carbocycles. The van der Waals surface area contributed by atoms with Crippen LogP contribution in [0.25, 0.3) is 0 Å². The molecule has 0 aliphatic carbocycles. The van der Waals surface area contributed by atoms with Gasteiger partial charge in [-0.2, -0.15) is 4.98 Å². The minimum absolute atomic E-state index is 0.455. The summed E-state index contributed by atoms with van der Waals surface area (Å²) in [5.41, 5.74) is 2.85. The van der Waals surface area contributed by atoms with Crippen LogP contribution in [0.3, 0.4) is 0 Å². The molecule has 0 saturated carbocycles. The Bertz CT molecular complexity index is 1070. The molecule has 28 heavy (non-hydrogen) atoms. The van der Waals surface area contributed by atoms with Crippen LogP contribution >= 0.6 is 11.6 Å². The number of halogens is 1. The standard InChI is InChI=1S/C19H17ClN8/c1-27(17-7-3-5-15(20)11-17)19-22-13-21-18(25-19)24-16-6-2-4-14(10-16)12-28-9-8-23-26-28/h2-11,13H,12H2,1H3,(H,21,22,24,25). The van der Waals surface area contributed by atoms with Crippen molar-refractivity contribution in [1.29, 1.82) is 0 Å². The van der Waals surface area contributed by atoms with E-state index in [-0.39, 0.29) is 0 Å². The maximum absolute atomic E-state index is 6.08. The summed E-state index contributed by atoms with van der Waals surface area (Å²) in [4.78, 5) is 14.8. The number of anilines is 4. The zero-order chi connectivity index (χ0) is 19.3. The van der Waals surface area contributed by atoms with E-state index in [0.717, 1.165) is 16.9 Å². The Morgan fingerprint density at radius 3 is 2.82 bits per heavy atom. The van der Waals surface area contributed by atoms with Gasteiger partial charge < -0.3 is 10.2 Å². The Morgan fingerprint density at radius 2 is 2.00 bits per heavy atom. The van der Waals surface area contributed by atoms with Crippen molar-refractivity contribution in [1.82, 2.24) is 29.9 Å². The van der Waals surface area contributed by atoms with Gasteiger partial charge in [0, 0.05) is 29.6 Å². The van der Waals surface area contributed by atoms with E-state index < -0.39 is 0 Å². The molecule has 0 fully saturated rings. The molecule has 4 aromatic rings. The number of hydrogen-bond acceptors (Lipinski definition) is 7. The average Bonchev–Trinajstić information content (AvgIpc) is 3.21. The summed E-state index contributed by atoms with van der Waals surface area (Å²) in [5.74, 6) is 0.968. The first kappa shape index (κ1) is 17.9. The topological polar surface area (TPSA) is 84.7 Å². The fraction of sp³-hybridized carbons (Fsp3) is 0.105. The van der Waals surface area contributed by atoms with Crippen LogP contribution in [0.4, 0.5) is 23.3 Å². The summed E-state index contributed by atoms with van der Waals surface area (Å²) in [6.07, 6.45) is 4.96. The van der Waals surface area contributed by atoms with Crippen LogP contribution in [-0.4, -0.2) is 37.0 Å². The summed E-state index contributed by atoms with van der Waals surface area (Å²) in [5, 5.41) is 11.7. The van der Waals surface area contributed by atoms with Gasteiger partial charge >= 0.3 is 0 Å². The second-order valence-corrected chi connectivity index (χ2v) is 6.51. The monoisotopic (exact) mass is 392 g/mol. The second kappa shape index (κ2) is 8.01. The molecule has 9 heteroatoms. The lowest BCUT2D eigenvalue weighted by Crippen LogP contribution is -2.14. The second-order valence-electron chi connectivity index (χ2n) is 6.07. The van der Waals surface area contributed by atoms with Crippen LogP contribution in [-0.2, 0) is 6.54 Å². The van der Waals surface area contributed by atoms with Crippen LogP contribution in [0.2, 0.25) is 5.02 Å². The van der Waals surface area contributed by atoms with Gasteiger partial charge in [-0.05, 0) is 35.9 Å². The van der Waals surface area contributed by atoms with Gasteiger partial charge in [0.05, 0.1) is 12.7 Å². The smallest absolute Gasteiger partial charge is 0.234 e. The molecule has 0 unspecified atom stereocenters. The first-order valence-corrected chi connectivity index (χ1v) is 8.93. The van der Waals surface area contributed by atoms with Crippen LogP contribution < -0.4 is 10.2 Å². The third kappa shape index (κ3) is 4.24. The van der Waals surface area contributed by atoms with Gasteiger partial charge in [-0.15, -0.1) is 5.10 Å². The van der Waals surface area contributed by atoms with Crippen molar-refractivity contribution in [3.63, 3.8) is 0 Å². The number of nitrogens with zero attached hydrogens (tertiary/aromatic N) is 7. The van der Waals surface area contributed by atoms with E-state index in [1.165, 1.54) is 6.33 Å². The Morgan fingerprint density at radius 1 is 1.11 bits per heavy atom. The minimum Gasteiger partial charge on any atom is -0.324 e. The van der Waals surface area contributed by atoms with Gasteiger partial charge in [0.25, 0.3) is 0 Å². The molecule has 140 valence electrons. The van der Waals surface area contributed by atoms with Crippen LogP contribution in [0.1, 0.15) is 5.56 Å². The molecule has 0 amide bonds. The normalized spacial score (nSPS) is 10.6. The van der Waals surface area contributed by atoms with E-state index in [1.807, 2.05) is 66.7 Å². The van der Waals surface area contributed by atoms with Gasteiger partial charge in [0.2, 0.25) is 11.9 Å². The van der Waals surface area contributed by atoms with Crippen molar-refractivity contribution in [2.24, 2.45) is 0 Å². The predicted molar refractivity (Wildman–Crippen MR) is 108 cm³/mol. The van der Waals surface area contributed by atoms with Crippen molar-refractivity contribution in [2.45, 2.75) is 6.54 Å². The van der Waals surface area contributed by atoms with E-state index in [4.69, 9.17) is 11.6 Å². The van der Waals surface area contributed by atoms with E-state index in [1.54, 1.807) is 10.9 Å². The highest BCUT2D eigenvalue weighted by Gasteiger charge is 2.09.